The molecule has 3 atom stereocenters. The van der Waals surface area contributed by atoms with Gasteiger partial charge >= 0.3 is 11.9 Å². The molecule has 0 heterocycles. The molecule has 0 amide bonds. The van der Waals surface area contributed by atoms with Gasteiger partial charge in [0.15, 0.2) is 0 Å². The van der Waals surface area contributed by atoms with Crippen LogP contribution in [0.2, 0.25) is 0 Å². The molecule has 1 aliphatic rings. The minimum absolute atomic E-state index is 0.0419. The molecule has 23 heavy (non-hydrogen) atoms. The number of aliphatic hydroxyl groups excluding tert-OH is 1. The van der Waals surface area contributed by atoms with E-state index >= 15 is 0 Å². The van der Waals surface area contributed by atoms with Crippen LogP contribution in [0.15, 0.2) is 12.2 Å². The highest BCUT2D eigenvalue weighted by molar-refractivity contribution is 5.86. The highest BCUT2D eigenvalue weighted by atomic mass is 16.5. The molecule has 1 rings (SSSR count). The highest BCUT2D eigenvalue weighted by Gasteiger charge is 2.33. The Morgan fingerprint density at radius 2 is 1.87 bits per heavy atom. The lowest BCUT2D eigenvalue weighted by molar-refractivity contribution is -0.158. The normalized spacial score (nSPS) is 24.8. The van der Waals surface area contributed by atoms with E-state index in [2.05, 4.69) is 6.58 Å². The lowest BCUT2D eigenvalue weighted by Gasteiger charge is -2.33. The number of esters is 2. The summed E-state index contributed by atoms with van der Waals surface area (Å²) in [6.07, 6.45) is 2.35. The van der Waals surface area contributed by atoms with E-state index in [9.17, 15) is 14.7 Å². The fourth-order valence-corrected chi connectivity index (χ4v) is 2.48. The van der Waals surface area contributed by atoms with Gasteiger partial charge in [-0.25, -0.2) is 4.79 Å². The summed E-state index contributed by atoms with van der Waals surface area (Å²) in [7, 11) is 0. The molecule has 5 nitrogen and oxygen atoms in total. The Bertz CT molecular complexity index is 441. The third-order valence-electron chi connectivity index (χ3n) is 4.73. The molecule has 0 aromatic carbocycles. The maximum atomic E-state index is 12.0. The molecule has 0 aliphatic heterocycles. The van der Waals surface area contributed by atoms with Gasteiger partial charge in [0.05, 0.1) is 24.7 Å². The van der Waals surface area contributed by atoms with Crippen LogP contribution in [0, 0.1) is 17.3 Å². The van der Waals surface area contributed by atoms with Crippen LogP contribution in [0.25, 0.3) is 0 Å². The Morgan fingerprint density at radius 3 is 2.39 bits per heavy atom. The first-order chi connectivity index (χ1) is 10.7. The lowest BCUT2D eigenvalue weighted by atomic mass is 9.80. The second-order valence-electron chi connectivity index (χ2n) is 7.22. The summed E-state index contributed by atoms with van der Waals surface area (Å²) in [6, 6.07) is 0. The molecular formula is C18H30O5. The smallest absolute Gasteiger partial charge is 0.333 e. The van der Waals surface area contributed by atoms with Crippen molar-refractivity contribution in [1.29, 1.82) is 0 Å². The minimum atomic E-state index is -0.533. The number of hydrogen-bond donors (Lipinski definition) is 1. The third-order valence-corrected chi connectivity index (χ3v) is 4.73. The van der Waals surface area contributed by atoms with E-state index in [4.69, 9.17) is 9.47 Å². The first-order valence-electron chi connectivity index (χ1n) is 8.35. The summed E-state index contributed by atoms with van der Waals surface area (Å²) in [4.78, 5) is 23.4. The van der Waals surface area contributed by atoms with Gasteiger partial charge in [0, 0.05) is 11.5 Å². The van der Waals surface area contributed by atoms with Crippen molar-refractivity contribution in [3.8, 4) is 0 Å². The third kappa shape index (κ3) is 5.98. The molecular weight excluding hydrogens is 296 g/mol. The Morgan fingerprint density at radius 1 is 1.22 bits per heavy atom. The standard InChI is InChI=1S/C18H30O5/c1-6-18(4,5)17(21)23-11-14-8-7-13(9-15(14)19)10-22-16(20)12(2)3/h13-15,19H,2,6-11H2,1,3-5H3. The molecule has 0 spiro atoms. The van der Waals surface area contributed by atoms with Crippen LogP contribution in [-0.2, 0) is 19.1 Å². The number of carbonyl (C=O) groups excluding carboxylic acids is 2. The van der Waals surface area contributed by atoms with Gasteiger partial charge in [-0.2, -0.15) is 0 Å². The van der Waals surface area contributed by atoms with Crippen molar-refractivity contribution >= 4 is 11.9 Å². The molecule has 1 aliphatic carbocycles. The van der Waals surface area contributed by atoms with Crippen LogP contribution >= 0.6 is 0 Å². The van der Waals surface area contributed by atoms with Crippen molar-refractivity contribution in [2.24, 2.45) is 17.3 Å². The van der Waals surface area contributed by atoms with Gasteiger partial charge in [0.1, 0.15) is 0 Å². The van der Waals surface area contributed by atoms with E-state index in [0.29, 0.717) is 18.6 Å². The maximum Gasteiger partial charge on any atom is 0.333 e. The molecule has 5 heteroatoms. The van der Waals surface area contributed by atoms with Gasteiger partial charge < -0.3 is 14.6 Å². The number of carbonyl (C=O) groups is 2. The number of rotatable bonds is 7. The van der Waals surface area contributed by atoms with Crippen LogP contribution in [0.3, 0.4) is 0 Å². The van der Waals surface area contributed by atoms with E-state index in [0.717, 1.165) is 19.3 Å². The predicted molar refractivity (Wildman–Crippen MR) is 87.6 cm³/mol. The molecule has 0 radical (unpaired) electrons. The largest absolute Gasteiger partial charge is 0.465 e. The Kier molecular flexibility index (Phi) is 7.26. The van der Waals surface area contributed by atoms with Crippen molar-refractivity contribution in [3.05, 3.63) is 12.2 Å². The van der Waals surface area contributed by atoms with Crippen LogP contribution in [0.4, 0.5) is 0 Å². The van der Waals surface area contributed by atoms with E-state index in [-0.39, 0.29) is 24.4 Å². The summed E-state index contributed by atoms with van der Waals surface area (Å²) in [6.45, 7) is 11.4. The van der Waals surface area contributed by atoms with Crippen molar-refractivity contribution in [2.75, 3.05) is 13.2 Å². The average Bonchev–Trinajstić information content (AvgIpc) is 2.50. The van der Waals surface area contributed by atoms with Crippen molar-refractivity contribution in [3.63, 3.8) is 0 Å². The molecule has 0 aromatic rings. The van der Waals surface area contributed by atoms with E-state index in [1.54, 1.807) is 6.92 Å². The van der Waals surface area contributed by atoms with Gasteiger partial charge in [-0.05, 0) is 52.4 Å². The Labute approximate surface area is 139 Å². The zero-order valence-corrected chi connectivity index (χ0v) is 14.8. The fourth-order valence-electron chi connectivity index (χ4n) is 2.48. The quantitative estimate of drug-likeness (QED) is 0.575. The predicted octanol–water partition coefficient (Wildman–Crippen LogP) is 2.86. The number of ether oxygens (including phenoxy) is 2. The molecule has 0 bridgehead atoms. The SMILES string of the molecule is C=C(C)C(=O)OCC1CCC(COC(=O)C(C)(C)CC)C(O)C1. The molecule has 0 aromatic heterocycles. The van der Waals surface area contributed by atoms with Gasteiger partial charge in [-0.3, -0.25) is 4.79 Å². The van der Waals surface area contributed by atoms with Crippen LogP contribution in [-0.4, -0.2) is 36.4 Å². The zero-order valence-electron chi connectivity index (χ0n) is 14.8. The van der Waals surface area contributed by atoms with Gasteiger partial charge in [0.25, 0.3) is 0 Å². The topological polar surface area (TPSA) is 72.8 Å². The Hall–Kier alpha value is -1.36. The molecule has 1 fully saturated rings. The highest BCUT2D eigenvalue weighted by Crippen LogP contribution is 2.31. The zero-order chi connectivity index (χ0) is 17.6. The first kappa shape index (κ1) is 19.7. The molecule has 1 N–H and O–H groups in total. The second-order valence-corrected chi connectivity index (χ2v) is 7.22. The summed E-state index contributed by atoms with van der Waals surface area (Å²) in [5, 5.41) is 10.2. The molecule has 0 saturated heterocycles. The summed E-state index contributed by atoms with van der Waals surface area (Å²) in [5.41, 5.74) is -0.108. The van der Waals surface area contributed by atoms with E-state index in [1.807, 2.05) is 20.8 Å². The van der Waals surface area contributed by atoms with E-state index in [1.165, 1.54) is 0 Å². The number of hydrogen-bond acceptors (Lipinski definition) is 5. The fraction of sp³-hybridized carbons (Fsp3) is 0.778. The van der Waals surface area contributed by atoms with E-state index < -0.39 is 17.5 Å². The lowest BCUT2D eigenvalue weighted by Crippen LogP contribution is -2.36. The van der Waals surface area contributed by atoms with Gasteiger partial charge in [-0.1, -0.05) is 13.5 Å². The number of aliphatic hydroxyl groups is 1. The Balaban J connectivity index is 2.37. The van der Waals surface area contributed by atoms with Crippen LogP contribution in [0.1, 0.15) is 53.4 Å². The second kappa shape index (κ2) is 8.48. The maximum absolute atomic E-state index is 12.0. The van der Waals surface area contributed by atoms with Crippen molar-refractivity contribution < 1.29 is 24.2 Å². The van der Waals surface area contributed by atoms with Crippen LogP contribution in [0.5, 0.6) is 0 Å². The summed E-state index contributed by atoms with van der Waals surface area (Å²) in [5.74, 6) is -0.505. The molecule has 1 saturated carbocycles. The monoisotopic (exact) mass is 326 g/mol. The van der Waals surface area contributed by atoms with Crippen LogP contribution < -0.4 is 0 Å². The average molecular weight is 326 g/mol. The van der Waals surface area contributed by atoms with Gasteiger partial charge in [0.2, 0.25) is 0 Å². The minimum Gasteiger partial charge on any atom is -0.465 e. The first-order valence-corrected chi connectivity index (χ1v) is 8.35. The van der Waals surface area contributed by atoms with Gasteiger partial charge in [-0.15, -0.1) is 0 Å². The summed E-state index contributed by atoms with van der Waals surface area (Å²) < 4.78 is 10.5. The van der Waals surface area contributed by atoms with Crippen molar-refractivity contribution in [1.82, 2.24) is 0 Å². The molecule has 132 valence electrons. The summed E-state index contributed by atoms with van der Waals surface area (Å²) >= 11 is 0. The van der Waals surface area contributed by atoms with Crippen molar-refractivity contribution in [2.45, 2.75) is 59.5 Å². The molecule has 3 unspecified atom stereocenters.